The van der Waals surface area contributed by atoms with Gasteiger partial charge in [0.25, 0.3) is 5.91 Å². The molecular weight excluding hydrogens is 356 g/mol. The smallest absolute Gasteiger partial charge is 0.272 e. The number of hydrogen-bond acceptors (Lipinski definition) is 4. The number of aromatic amines is 1. The largest absolute Gasteiger partial charge is 0.467 e. The van der Waals surface area contributed by atoms with Crippen molar-refractivity contribution in [3.8, 4) is 0 Å². The molecule has 2 amide bonds. The number of rotatable bonds is 6. The lowest BCUT2D eigenvalue weighted by Crippen LogP contribution is -2.38. The third-order valence-electron chi connectivity index (χ3n) is 6.06. The summed E-state index contributed by atoms with van der Waals surface area (Å²) in [5, 5.41) is 9.99. The Morgan fingerprint density at radius 3 is 2.71 bits per heavy atom. The van der Waals surface area contributed by atoms with Crippen LogP contribution in [-0.4, -0.2) is 40.0 Å². The molecule has 1 aliphatic carbocycles. The molecule has 0 radical (unpaired) electrons. The molecule has 0 spiro atoms. The van der Waals surface area contributed by atoms with Gasteiger partial charge in [0.05, 0.1) is 12.8 Å². The summed E-state index contributed by atoms with van der Waals surface area (Å²) >= 11 is 0. The molecule has 2 aliphatic rings. The first-order chi connectivity index (χ1) is 13.7. The van der Waals surface area contributed by atoms with Gasteiger partial charge in [0.1, 0.15) is 11.5 Å². The van der Waals surface area contributed by atoms with Crippen LogP contribution in [0.4, 0.5) is 0 Å². The van der Waals surface area contributed by atoms with Crippen LogP contribution in [0.1, 0.15) is 72.8 Å². The zero-order valence-corrected chi connectivity index (χ0v) is 16.2. The molecule has 7 heteroatoms. The highest BCUT2D eigenvalue weighted by molar-refractivity contribution is 5.92. The topological polar surface area (TPSA) is 91.2 Å². The lowest BCUT2D eigenvalue weighted by molar-refractivity contribution is -0.133. The Kier molecular flexibility index (Phi) is 5.78. The Bertz CT molecular complexity index is 784. The molecule has 150 valence electrons. The highest BCUT2D eigenvalue weighted by Crippen LogP contribution is 2.31. The number of carbonyl (C=O) groups excluding carboxylic acids is 2. The zero-order chi connectivity index (χ0) is 19.3. The summed E-state index contributed by atoms with van der Waals surface area (Å²) in [6, 6.07) is 5.44. The van der Waals surface area contributed by atoms with Crippen LogP contribution in [0.3, 0.4) is 0 Å². The van der Waals surface area contributed by atoms with Gasteiger partial charge in [-0.1, -0.05) is 12.8 Å². The Balaban J connectivity index is 1.25. The van der Waals surface area contributed by atoms with Gasteiger partial charge in [-0.25, -0.2) is 0 Å². The fraction of sp³-hybridized carbons (Fsp3) is 0.571. The molecule has 0 atom stereocenters. The minimum atomic E-state index is -0.219. The van der Waals surface area contributed by atoms with E-state index >= 15 is 0 Å². The third-order valence-corrected chi connectivity index (χ3v) is 6.06. The van der Waals surface area contributed by atoms with Crippen molar-refractivity contribution in [3.63, 3.8) is 0 Å². The minimum absolute atomic E-state index is 0.219. The lowest BCUT2D eigenvalue weighted by Gasteiger charge is -2.32. The molecule has 3 heterocycles. The number of nitrogens with one attached hydrogen (secondary N) is 2. The molecule has 0 bridgehead atoms. The van der Waals surface area contributed by atoms with Crippen molar-refractivity contribution >= 4 is 11.8 Å². The van der Waals surface area contributed by atoms with Crippen LogP contribution < -0.4 is 5.32 Å². The second-order valence-electron chi connectivity index (χ2n) is 7.98. The highest BCUT2D eigenvalue weighted by Gasteiger charge is 2.27. The van der Waals surface area contributed by atoms with Crippen LogP contribution >= 0.6 is 0 Å². The van der Waals surface area contributed by atoms with E-state index in [4.69, 9.17) is 4.42 Å². The molecule has 0 aromatic carbocycles. The van der Waals surface area contributed by atoms with Gasteiger partial charge in [-0.2, -0.15) is 5.10 Å². The van der Waals surface area contributed by atoms with Gasteiger partial charge in [0.2, 0.25) is 5.91 Å². The van der Waals surface area contributed by atoms with E-state index in [0.29, 0.717) is 42.2 Å². The zero-order valence-electron chi connectivity index (χ0n) is 16.2. The quantitative estimate of drug-likeness (QED) is 0.800. The number of furan rings is 1. The average Bonchev–Trinajstić information content (AvgIpc) is 3.48. The summed E-state index contributed by atoms with van der Waals surface area (Å²) in [6.45, 7) is 1.92. The second kappa shape index (κ2) is 8.63. The fourth-order valence-electron chi connectivity index (χ4n) is 4.36. The van der Waals surface area contributed by atoms with E-state index in [1.54, 1.807) is 12.3 Å². The highest BCUT2D eigenvalue weighted by atomic mass is 16.3. The summed E-state index contributed by atoms with van der Waals surface area (Å²) in [6.07, 6.45) is 9.09. The monoisotopic (exact) mass is 384 g/mol. The third kappa shape index (κ3) is 4.46. The van der Waals surface area contributed by atoms with Gasteiger partial charge in [-0.05, 0) is 49.8 Å². The minimum Gasteiger partial charge on any atom is -0.467 e. The first-order valence-corrected chi connectivity index (χ1v) is 10.3. The van der Waals surface area contributed by atoms with E-state index in [1.807, 2.05) is 17.0 Å². The van der Waals surface area contributed by atoms with Crippen LogP contribution in [0.2, 0.25) is 0 Å². The van der Waals surface area contributed by atoms with Gasteiger partial charge in [0, 0.05) is 31.1 Å². The number of aromatic nitrogens is 2. The van der Waals surface area contributed by atoms with Crippen molar-refractivity contribution in [1.82, 2.24) is 20.4 Å². The summed E-state index contributed by atoms with van der Waals surface area (Å²) in [5.41, 5.74) is 1.37. The number of amides is 2. The maximum absolute atomic E-state index is 12.5. The van der Waals surface area contributed by atoms with Crippen molar-refractivity contribution in [2.75, 3.05) is 13.1 Å². The predicted octanol–water partition coefficient (Wildman–Crippen LogP) is 3.22. The molecule has 0 unspecified atom stereocenters. The Labute approximate surface area is 164 Å². The van der Waals surface area contributed by atoms with Gasteiger partial charge in [0.15, 0.2) is 0 Å². The van der Waals surface area contributed by atoms with Gasteiger partial charge in [-0.3, -0.25) is 14.7 Å². The Morgan fingerprint density at radius 1 is 1.21 bits per heavy atom. The number of piperidine rings is 1. The molecule has 2 aromatic rings. The summed E-state index contributed by atoms with van der Waals surface area (Å²) in [4.78, 5) is 26.8. The molecule has 28 heavy (non-hydrogen) atoms. The predicted molar refractivity (Wildman–Crippen MR) is 104 cm³/mol. The molecule has 4 rings (SSSR count). The van der Waals surface area contributed by atoms with Crippen LogP contribution in [0.25, 0.3) is 0 Å². The number of nitrogens with zero attached hydrogens (tertiary/aromatic N) is 2. The van der Waals surface area contributed by atoms with Crippen molar-refractivity contribution < 1.29 is 14.0 Å². The molecule has 2 fully saturated rings. The Morgan fingerprint density at radius 2 is 2.00 bits per heavy atom. The maximum atomic E-state index is 12.5. The Hall–Kier alpha value is -2.57. The van der Waals surface area contributed by atoms with E-state index < -0.39 is 0 Å². The maximum Gasteiger partial charge on any atom is 0.272 e. The summed E-state index contributed by atoms with van der Waals surface area (Å²) < 4.78 is 5.22. The van der Waals surface area contributed by atoms with Crippen LogP contribution in [0.15, 0.2) is 28.9 Å². The van der Waals surface area contributed by atoms with Gasteiger partial charge in [-0.15, -0.1) is 0 Å². The number of H-pyrrole nitrogens is 1. The molecule has 1 saturated heterocycles. The summed E-state index contributed by atoms with van der Waals surface area (Å²) in [7, 11) is 0. The van der Waals surface area contributed by atoms with Gasteiger partial charge >= 0.3 is 0 Å². The molecule has 1 aliphatic heterocycles. The van der Waals surface area contributed by atoms with E-state index in [0.717, 1.165) is 31.6 Å². The second-order valence-corrected chi connectivity index (χ2v) is 7.98. The van der Waals surface area contributed by atoms with E-state index in [1.165, 1.54) is 25.7 Å². The fourth-order valence-corrected chi connectivity index (χ4v) is 4.36. The van der Waals surface area contributed by atoms with Crippen molar-refractivity contribution in [2.24, 2.45) is 5.92 Å². The van der Waals surface area contributed by atoms with Crippen LogP contribution in [0, 0.1) is 5.92 Å². The van der Waals surface area contributed by atoms with Crippen LogP contribution in [-0.2, 0) is 11.3 Å². The van der Waals surface area contributed by atoms with E-state index in [2.05, 4.69) is 15.5 Å². The summed E-state index contributed by atoms with van der Waals surface area (Å²) in [5.74, 6) is 1.71. The SMILES string of the molecule is O=C(NCc1ccco1)c1cc(C2CCN(C(=O)CC3CCCC3)CC2)[nH]n1. The number of carbonyl (C=O) groups is 2. The van der Waals surface area contributed by atoms with Crippen LogP contribution in [0.5, 0.6) is 0 Å². The van der Waals surface area contributed by atoms with Crippen molar-refractivity contribution in [2.45, 2.75) is 57.4 Å². The normalized spacial score (nSPS) is 18.5. The first kappa shape index (κ1) is 18.8. The van der Waals surface area contributed by atoms with E-state index in [-0.39, 0.29) is 5.91 Å². The van der Waals surface area contributed by atoms with E-state index in [9.17, 15) is 9.59 Å². The first-order valence-electron chi connectivity index (χ1n) is 10.3. The standard InChI is InChI=1S/C21H28N4O3/c26-20(12-15-4-1-2-5-15)25-9-7-16(8-10-25)18-13-19(24-23-18)21(27)22-14-17-6-3-11-28-17/h3,6,11,13,15-16H,1-2,4-5,7-10,12,14H2,(H,22,27)(H,23,24). The molecular formula is C21H28N4O3. The number of likely N-dealkylation sites (tertiary alicyclic amines) is 1. The molecule has 2 N–H and O–H groups in total. The van der Waals surface area contributed by atoms with Gasteiger partial charge < -0.3 is 14.6 Å². The molecule has 2 aromatic heterocycles. The lowest BCUT2D eigenvalue weighted by atomic mass is 9.92. The van der Waals surface area contributed by atoms with Crippen molar-refractivity contribution in [1.29, 1.82) is 0 Å². The number of hydrogen-bond donors (Lipinski definition) is 2. The van der Waals surface area contributed by atoms with Crippen molar-refractivity contribution in [3.05, 3.63) is 41.6 Å². The molecule has 1 saturated carbocycles. The average molecular weight is 384 g/mol. The molecule has 7 nitrogen and oxygen atoms in total.